The van der Waals surface area contributed by atoms with Crippen LogP contribution in [-0.4, -0.2) is 69.3 Å². The lowest BCUT2D eigenvalue weighted by atomic mass is 9.98. The Hall–Kier alpha value is -1.81. The molecule has 0 bridgehead atoms. The molecule has 3 aromatic rings. The van der Waals surface area contributed by atoms with Crippen molar-refractivity contribution in [3.8, 4) is 11.1 Å². The molecule has 0 saturated carbocycles. The van der Waals surface area contributed by atoms with Gasteiger partial charge in [-0.3, -0.25) is 0 Å². The van der Waals surface area contributed by atoms with Gasteiger partial charge in [0.25, 0.3) is 0 Å². The van der Waals surface area contributed by atoms with Crippen LogP contribution in [0.1, 0.15) is 0 Å². The van der Waals surface area contributed by atoms with E-state index in [1.807, 2.05) is 0 Å². The van der Waals surface area contributed by atoms with Crippen molar-refractivity contribution in [3.63, 3.8) is 0 Å². The molecule has 1 aliphatic heterocycles. The Balaban J connectivity index is 1.46. The summed E-state index contributed by atoms with van der Waals surface area (Å²) >= 11 is 17.8. The van der Waals surface area contributed by atoms with Crippen LogP contribution in [0.2, 0.25) is 15.1 Å². The van der Waals surface area contributed by atoms with Crippen LogP contribution in [0, 0.1) is 0 Å². The van der Waals surface area contributed by atoms with Crippen molar-refractivity contribution < 1.29 is 36.9 Å². The zero-order chi connectivity index (χ0) is 28.5. The zero-order valence-electron chi connectivity index (χ0n) is 19.8. The fourth-order valence-electron chi connectivity index (χ4n) is 3.94. The third kappa shape index (κ3) is 6.75. The maximum Gasteiger partial charge on any atom is 0.242 e. The summed E-state index contributed by atoms with van der Waals surface area (Å²) in [5.74, 6) is 0. The first kappa shape index (κ1) is 30.2. The van der Waals surface area contributed by atoms with Gasteiger partial charge in [-0.2, -0.15) is 0 Å². The molecule has 39 heavy (non-hydrogen) atoms. The summed E-state index contributed by atoms with van der Waals surface area (Å²) in [6.45, 7) is -0.580. The topological polar surface area (TPSA) is 162 Å². The summed E-state index contributed by atoms with van der Waals surface area (Å²) in [5, 5.41) is 32.0. The largest absolute Gasteiger partial charge is 0.388 e. The Bertz CT molecular complexity index is 1560. The van der Waals surface area contributed by atoms with Gasteiger partial charge in [0.15, 0.2) is 6.29 Å². The second-order valence-electron chi connectivity index (χ2n) is 8.63. The van der Waals surface area contributed by atoms with Crippen LogP contribution >= 0.6 is 34.8 Å². The molecule has 10 nitrogen and oxygen atoms in total. The van der Waals surface area contributed by atoms with E-state index in [1.165, 1.54) is 36.4 Å². The first-order valence-corrected chi connectivity index (χ1v) is 15.4. The average Bonchev–Trinajstić information content (AvgIpc) is 2.90. The molecule has 210 valence electrons. The van der Waals surface area contributed by atoms with Gasteiger partial charge in [-0.15, -0.1) is 0 Å². The predicted octanol–water partition coefficient (Wildman–Crippen LogP) is 2.38. The number of aliphatic hydroxyl groups is 3. The second-order valence-corrected chi connectivity index (χ2v) is 13.3. The highest BCUT2D eigenvalue weighted by molar-refractivity contribution is 7.89. The van der Waals surface area contributed by atoms with Crippen molar-refractivity contribution in [2.75, 3.05) is 6.54 Å². The van der Waals surface area contributed by atoms with Gasteiger partial charge < -0.3 is 20.1 Å². The van der Waals surface area contributed by atoms with E-state index < -0.39 is 57.2 Å². The Kier molecular flexibility index (Phi) is 9.25. The number of sulfonamides is 2. The molecule has 5 N–H and O–H groups in total. The number of nitrogens with one attached hydrogen (secondary N) is 2. The van der Waals surface area contributed by atoms with Gasteiger partial charge in [0.2, 0.25) is 20.0 Å². The normalized spacial score (nSPS) is 24.0. The smallest absolute Gasteiger partial charge is 0.242 e. The minimum Gasteiger partial charge on any atom is -0.388 e. The van der Waals surface area contributed by atoms with Crippen LogP contribution < -0.4 is 9.44 Å². The molecule has 0 aliphatic carbocycles. The van der Waals surface area contributed by atoms with E-state index in [1.54, 1.807) is 30.3 Å². The molecule has 0 spiro atoms. The van der Waals surface area contributed by atoms with Crippen molar-refractivity contribution in [3.05, 3.63) is 81.8 Å². The summed E-state index contributed by atoms with van der Waals surface area (Å²) in [6.07, 6.45) is -7.00. The van der Waals surface area contributed by atoms with Crippen LogP contribution in [0.3, 0.4) is 0 Å². The molecule has 4 rings (SSSR count). The lowest BCUT2D eigenvalue weighted by Crippen LogP contribution is -2.64. The Labute approximate surface area is 240 Å². The zero-order valence-corrected chi connectivity index (χ0v) is 23.7. The molecule has 15 heteroatoms. The average molecular weight is 638 g/mol. The molecule has 1 aliphatic rings. The third-order valence-corrected chi connectivity index (χ3v) is 10.1. The van der Waals surface area contributed by atoms with Crippen LogP contribution in [0.15, 0.2) is 76.5 Å². The molecular weight excluding hydrogens is 615 g/mol. The quantitative estimate of drug-likeness (QED) is 0.252. The Morgan fingerprint density at radius 2 is 1.46 bits per heavy atom. The van der Waals surface area contributed by atoms with Gasteiger partial charge in [0.1, 0.15) is 29.2 Å². The third-order valence-electron chi connectivity index (χ3n) is 6.01. The van der Waals surface area contributed by atoms with Crippen molar-refractivity contribution >= 4 is 54.8 Å². The van der Waals surface area contributed by atoms with Crippen LogP contribution in [-0.2, 0) is 24.8 Å². The molecule has 1 fully saturated rings. The molecule has 0 amide bonds. The highest BCUT2D eigenvalue weighted by Crippen LogP contribution is 2.29. The van der Waals surface area contributed by atoms with E-state index >= 15 is 0 Å². The van der Waals surface area contributed by atoms with E-state index in [9.17, 15) is 32.2 Å². The second kappa shape index (κ2) is 12.0. The van der Waals surface area contributed by atoms with E-state index in [2.05, 4.69) is 9.44 Å². The molecule has 0 radical (unpaired) electrons. The number of aliphatic hydroxyl groups excluding tert-OH is 3. The van der Waals surface area contributed by atoms with Gasteiger partial charge in [-0.1, -0.05) is 65.1 Å². The van der Waals surface area contributed by atoms with Gasteiger partial charge in [-0.05, 0) is 47.5 Å². The van der Waals surface area contributed by atoms with Gasteiger partial charge in [0, 0.05) is 11.6 Å². The fraction of sp³-hybridized carbons (Fsp3) is 0.250. The highest BCUT2D eigenvalue weighted by atomic mass is 35.5. The first-order chi connectivity index (χ1) is 18.3. The van der Waals surface area contributed by atoms with E-state index in [-0.39, 0.29) is 19.8 Å². The van der Waals surface area contributed by atoms with E-state index in [4.69, 9.17) is 39.5 Å². The predicted molar refractivity (Wildman–Crippen MR) is 146 cm³/mol. The number of benzene rings is 3. The number of hydrogen-bond donors (Lipinski definition) is 5. The number of halogens is 3. The molecule has 3 aromatic carbocycles. The monoisotopic (exact) mass is 636 g/mol. The molecular formula is C24H23Cl3N2O8S2. The lowest BCUT2D eigenvalue weighted by molar-refractivity contribution is -0.242. The molecule has 5 atom stereocenters. The van der Waals surface area contributed by atoms with E-state index in [0.29, 0.717) is 16.1 Å². The number of rotatable bonds is 8. The number of hydrogen-bond acceptors (Lipinski definition) is 8. The SMILES string of the molecule is O=S(=O)(N[C@H]1C(O)O[C@H](CNS(=O)(=O)c2cccc(Cl)c2Cl)[C@@H](O)[C@@H]1O)c1cccc(-c2ccc(Cl)cc2)c1. The Morgan fingerprint density at radius 1 is 0.795 bits per heavy atom. The highest BCUT2D eigenvalue weighted by Gasteiger charge is 2.46. The minimum atomic E-state index is -4.31. The molecule has 0 aromatic heterocycles. The minimum absolute atomic E-state index is 0.00756. The van der Waals surface area contributed by atoms with Crippen LogP contribution in [0.4, 0.5) is 0 Å². The Morgan fingerprint density at radius 3 is 2.15 bits per heavy atom. The van der Waals surface area contributed by atoms with Gasteiger partial charge >= 0.3 is 0 Å². The van der Waals surface area contributed by atoms with E-state index in [0.717, 1.165) is 0 Å². The summed E-state index contributed by atoms with van der Waals surface area (Å²) in [4.78, 5) is -0.494. The summed E-state index contributed by atoms with van der Waals surface area (Å²) in [7, 11) is -8.53. The number of ether oxygens (including phenoxy) is 1. The maximum absolute atomic E-state index is 13.1. The lowest BCUT2D eigenvalue weighted by Gasteiger charge is -2.40. The van der Waals surface area contributed by atoms with Gasteiger partial charge in [0.05, 0.1) is 14.9 Å². The van der Waals surface area contributed by atoms with Gasteiger partial charge in [-0.25, -0.2) is 26.3 Å². The maximum atomic E-state index is 13.1. The van der Waals surface area contributed by atoms with Crippen LogP contribution in [0.25, 0.3) is 11.1 Å². The van der Waals surface area contributed by atoms with Crippen molar-refractivity contribution in [1.82, 2.24) is 9.44 Å². The molecule has 1 heterocycles. The van der Waals surface area contributed by atoms with Crippen molar-refractivity contribution in [1.29, 1.82) is 0 Å². The molecule has 1 unspecified atom stereocenters. The standard InChI is InChI=1S/C24H23Cl3N2O8S2/c25-15-9-7-13(8-10-15)14-3-1-4-16(11-14)38(33,34)29-21-23(31)22(30)18(37-24(21)32)12-28-39(35,36)19-6-2-5-17(26)20(19)27/h1-11,18,21-24,28-32H,12H2/t18-,21-,22-,23-,24?/m1/s1. The van der Waals surface area contributed by atoms with Crippen LogP contribution in [0.5, 0.6) is 0 Å². The summed E-state index contributed by atoms with van der Waals surface area (Å²) < 4.78 is 61.1. The molecule has 1 saturated heterocycles. The summed E-state index contributed by atoms with van der Waals surface area (Å²) in [6, 6.07) is 15.0. The fourth-order valence-corrected chi connectivity index (χ4v) is 7.16. The summed E-state index contributed by atoms with van der Waals surface area (Å²) in [5.41, 5.74) is 1.28. The van der Waals surface area contributed by atoms with Crippen molar-refractivity contribution in [2.24, 2.45) is 0 Å². The first-order valence-electron chi connectivity index (χ1n) is 11.3. The van der Waals surface area contributed by atoms with Crippen molar-refractivity contribution in [2.45, 2.75) is 40.4 Å².